The number of nitrogens with one attached hydrogen (secondary N) is 1. The molecule has 0 aromatic heterocycles. The van der Waals surface area contributed by atoms with Crippen molar-refractivity contribution in [3.63, 3.8) is 0 Å². The lowest BCUT2D eigenvalue weighted by molar-refractivity contribution is -0.137. The largest absolute Gasteiger partial charge is 0.493 e. The molecule has 2 aromatic carbocycles. The first-order valence-electron chi connectivity index (χ1n) is 9.14. The third-order valence-electron chi connectivity index (χ3n) is 4.38. The zero-order chi connectivity index (χ0) is 22.3. The summed E-state index contributed by atoms with van der Waals surface area (Å²) >= 11 is 0. The molecule has 0 unspecified atom stereocenters. The van der Waals surface area contributed by atoms with E-state index in [-0.39, 0.29) is 31.1 Å². The van der Waals surface area contributed by atoms with Crippen molar-refractivity contribution in [1.29, 1.82) is 0 Å². The summed E-state index contributed by atoms with van der Waals surface area (Å²) in [6, 6.07) is 9.71. The van der Waals surface area contributed by atoms with Crippen molar-refractivity contribution in [1.82, 2.24) is 4.90 Å². The van der Waals surface area contributed by atoms with Crippen LogP contribution in [0.2, 0.25) is 0 Å². The van der Waals surface area contributed by atoms with Gasteiger partial charge in [-0.25, -0.2) is 0 Å². The lowest BCUT2D eigenvalue weighted by atomic mass is 10.1. The van der Waals surface area contributed by atoms with Crippen LogP contribution in [-0.2, 0) is 22.2 Å². The maximum Gasteiger partial charge on any atom is 0.418 e. The summed E-state index contributed by atoms with van der Waals surface area (Å²) in [7, 11) is 2.97. The van der Waals surface area contributed by atoms with Gasteiger partial charge in [0.15, 0.2) is 11.5 Å². The Hall–Kier alpha value is -3.23. The van der Waals surface area contributed by atoms with Crippen molar-refractivity contribution in [2.75, 3.05) is 32.6 Å². The quantitative estimate of drug-likeness (QED) is 0.701. The summed E-state index contributed by atoms with van der Waals surface area (Å²) in [5.41, 5.74) is -0.643. The molecule has 0 saturated heterocycles. The monoisotopic (exact) mass is 424 g/mol. The minimum absolute atomic E-state index is 0.000608. The molecule has 0 bridgehead atoms. The number of hydrogen-bond donors (Lipinski definition) is 1. The van der Waals surface area contributed by atoms with E-state index in [1.165, 1.54) is 37.3 Å². The van der Waals surface area contributed by atoms with Gasteiger partial charge >= 0.3 is 6.18 Å². The molecule has 0 aliphatic carbocycles. The Kier molecular flexibility index (Phi) is 7.68. The molecule has 1 N–H and O–H groups in total. The van der Waals surface area contributed by atoms with Gasteiger partial charge in [0, 0.05) is 6.54 Å². The van der Waals surface area contributed by atoms with Crippen LogP contribution in [0.25, 0.3) is 0 Å². The number of anilines is 1. The SMILES string of the molecule is CCN(CC(=O)Nc1ccccc1C(F)(F)F)C(=O)Cc1ccc(OC)c(OC)c1. The molecule has 0 aliphatic rings. The molecule has 162 valence electrons. The average molecular weight is 424 g/mol. The van der Waals surface area contributed by atoms with Crippen LogP contribution >= 0.6 is 0 Å². The second kappa shape index (κ2) is 10.00. The van der Waals surface area contributed by atoms with E-state index >= 15 is 0 Å². The summed E-state index contributed by atoms with van der Waals surface area (Å²) < 4.78 is 49.6. The van der Waals surface area contributed by atoms with Gasteiger partial charge in [-0.3, -0.25) is 9.59 Å². The van der Waals surface area contributed by atoms with E-state index in [0.29, 0.717) is 17.1 Å². The Morgan fingerprint density at radius 2 is 1.70 bits per heavy atom. The van der Waals surface area contributed by atoms with Crippen LogP contribution in [0.15, 0.2) is 42.5 Å². The molecule has 0 aliphatic heterocycles. The first kappa shape index (κ1) is 23.1. The predicted molar refractivity (Wildman–Crippen MR) is 106 cm³/mol. The molecule has 0 fully saturated rings. The summed E-state index contributed by atoms with van der Waals surface area (Å²) in [5.74, 6) is -0.0747. The highest BCUT2D eigenvalue weighted by Crippen LogP contribution is 2.34. The molecule has 6 nitrogen and oxygen atoms in total. The summed E-state index contributed by atoms with van der Waals surface area (Å²) in [6.45, 7) is 1.54. The van der Waals surface area contributed by atoms with Gasteiger partial charge in [-0.1, -0.05) is 18.2 Å². The smallest absolute Gasteiger partial charge is 0.418 e. The zero-order valence-corrected chi connectivity index (χ0v) is 16.9. The second-order valence-electron chi connectivity index (χ2n) is 6.37. The van der Waals surface area contributed by atoms with Gasteiger partial charge in [-0.05, 0) is 36.8 Å². The Morgan fingerprint density at radius 3 is 2.30 bits per heavy atom. The number of carbonyl (C=O) groups is 2. The Labute approximate surface area is 172 Å². The Morgan fingerprint density at radius 1 is 1.03 bits per heavy atom. The summed E-state index contributed by atoms with van der Waals surface area (Å²) in [6.07, 6.45) is -4.60. The molecule has 2 rings (SSSR count). The number of likely N-dealkylation sites (N-methyl/N-ethyl adjacent to an activating group) is 1. The molecule has 0 heterocycles. The van der Waals surface area contributed by atoms with Crippen molar-refractivity contribution in [3.8, 4) is 11.5 Å². The molecule has 0 atom stereocenters. The van der Waals surface area contributed by atoms with Crippen LogP contribution in [0.3, 0.4) is 0 Å². The van der Waals surface area contributed by atoms with E-state index in [0.717, 1.165) is 6.07 Å². The van der Waals surface area contributed by atoms with Gasteiger partial charge in [0.1, 0.15) is 0 Å². The van der Waals surface area contributed by atoms with Crippen molar-refractivity contribution < 1.29 is 32.2 Å². The summed E-state index contributed by atoms with van der Waals surface area (Å²) in [5, 5.41) is 2.24. The number of amides is 2. The Balaban J connectivity index is 2.06. The first-order valence-corrected chi connectivity index (χ1v) is 9.14. The lowest BCUT2D eigenvalue weighted by Gasteiger charge is -2.21. The minimum atomic E-state index is -4.60. The van der Waals surface area contributed by atoms with Gasteiger partial charge in [-0.15, -0.1) is 0 Å². The molecule has 0 spiro atoms. The zero-order valence-electron chi connectivity index (χ0n) is 16.9. The van der Waals surface area contributed by atoms with Crippen molar-refractivity contribution in [2.24, 2.45) is 0 Å². The third kappa shape index (κ3) is 5.88. The van der Waals surface area contributed by atoms with Crippen LogP contribution in [0.5, 0.6) is 11.5 Å². The fourth-order valence-corrected chi connectivity index (χ4v) is 2.86. The van der Waals surface area contributed by atoms with E-state index in [1.54, 1.807) is 25.1 Å². The number of carbonyl (C=O) groups excluding carboxylic acids is 2. The van der Waals surface area contributed by atoms with E-state index in [2.05, 4.69) is 5.32 Å². The third-order valence-corrected chi connectivity index (χ3v) is 4.38. The number of benzene rings is 2. The topological polar surface area (TPSA) is 67.9 Å². The first-order chi connectivity index (χ1) is 14.2. The van der Waals surface area contributed by atoms with Gasteiger partial charge in [0.2, 0.25) is 11.8 Å². The average Bonchev–Trinajstić information content (AvgIpc) is 2.71. The van der Waals surface area contributed by atoms with Crippen molar-refractivity contribution >= 4 is 17.5 Å². The highest BCUT2D eigenvalue weighted by atomic mass is 19.4. The van der Waals surface area contributed by atoms with E-state index < -0.39 is 17.6 Å². The fraction of sp³-hybridized carbons (Fsp3) is 0.333. The van der Waals surface area contributed by atoms with Crippen LogP contribution in [0.1, 0.15) is 18.1 Å². The number of ether oxygens (including phenoxy) is 2. The predicted octanol–water partition coefficient (Wildman–Crippen LogP) is 3.75. The van der Waals surface area contributed by atoms with Gasteiger partial charge in [0.05, 0.1) is 38.4 Å². The maximum atomic E-state index is 13.1. The van der Waals surface area contributed by atoms with Gasteiger partial charge in [0.25, 0.3) is 0 Å². The van der Waals surface area contributed by atoms with Crippen LogP contribution in [0.4, 0.5) is 18.9 Å². The molecule has 30 heavy (non-hydrogen) atoms. The molecule has 9 heteroatoms. The highest BCUT2D eigenvalue weighted by molar-refractivity contribution is 5.95. The molecule has 0 radical (unpaired) electrons. The molecular weight excluding hydrogens is 401 g/mol. The van der Waals surface area contributed by atoms with E-state index in [9.17, 15) is 22.8 Å². The normalized spacial score (nSPS) is 11.0. The standard InChI is InChI=1S/C21H23F3N2O4/c1-4-26(20(28)12-14-9-10-17(29-2)18(11-14)30-3)13-19(27)25-16-8-6-5-7-15(16)21(22,23)24/h5-11H,4,12-13H2,1-3H3,(H,25,27). The summed E-state index contributed by atoms with van der Waals surface area (Å²) in [4.78, 5) is 26.2. The number of hydrogen-bond acceptors (Lipinski definition) is 4. The lowest BCUT2D eigenvalue weighted by Crippen LogP contribution is -2.38. The molecule has 2 aromatic rings. The number of alkyl halides is 3. The maximum absolute atomic E-state index is 13.1. The van der Waals surface area contributed by atoms with Crippen LogP contribution < -0.4 is 14.8 Å². The molecule has 0 saturated carbocycles. The van der Waals surface area contributed by atoms with Gasteiger partial charge < -0.3 is 19.7 Å². The van der Waals surface area contributed by atoms with Gasteiger partial charge in [-0.2, -0.15) is 13.2 Å². The van der Waals surface area contributed by atoms with E-state index in [4.69, 9.17) is 9.47 Å². The Bertz CT molecular complexity index is 900. The van der Waals surface area contributed by atoms with Crippen molar-refractivity contribution in [2.45, 2.75) is 19.5 Å². The molecule has 2 amide bonds. The number of halogens is 3. The molecular formula is C21H23F3N2O4. The van der Waals surface area contributed by atoms with Crippen LogP contribution in [0, 0.1) is 0 Å². The van der Waals surface area contributed by atoms with Crippen LogP contribution in [-0.4, -0.2) is 44.0 Å². The second-order valence-corrected chi connectivity index (χ2v) is 6.37. The number of nitrogens with zero attached hydrogens (tertiary/aromatic N) is 1. The fourth-order valence-electron chi connectivity index (χ4n) is 2.86. The number of rotatable bonds is 8. The van der Waals surface area contributed by atoms with Crippen molar-refractivity contribution in [3.05, 3.63) is 53.6 Å². The van der Waals surface area contributed by atoms with E-state index in [1.807, 2.05) is 0 Å². The highest BCUT2D eigenvalue weighted by Gasteiger charge is 2.33. The number of methoxy groups -OCH3 is 2. The minimum Gasteiger partial charge on any atom is -0.493 e. The number of para-hydroxylation sites is 1.